The van der Waals surface area contributed by atoms with Crippen LogP contribution in [0.4, 0.5) is 0 Å². The lowest BCUT2D eigenvalue weighted by Crippen LogP contribution is -2.29. The molecule has 9 nitrogen and oxygen atoms in total. The third-order valence-electron chi connectivity index (χ3n) is 6.23. The molecule has 0 fully saturated rings. The fourth-order valence-corrected chi connectivity index (χ4v) is 4.48. The third kappa shape index (κ3) is 34.3. The van der Waals surface area contributed by atoms with Crippen LogP contribution in [0.3, 0.4) is 0 Å². The molecule has 0 rings (SSSR count). The lowest BCUT2D eigenvalue weighted by atomic mass is 10.2. The minimum absolute atomic E-state index is 0.0249. The number of ether oxygens (including phenoxy) is 2. The van der Waals surface area contributed by atoms with Crippen molar-refractivity contribution in [2.45, 2.75) is 90.6 Å². The summed E-state index contributed by atoms with van der Waals surface area (Å²) in [6.45, 7) is 3.23. The molecule has 0 saturated carbocycles. The fraction of sp³-hybridized carbons (Fsp3) is 0.450. The zero-order valence-electron chi connectivity index (χ0n) is 30.1. The minimum atomic E-state index is -4.41. The molecule has 0 amide bonds. The van der Waals surface area contributed by atoms with Gasteiger partial charge in [-0.15, -0.1) is 0 Å². The fourth-order valence-electron chi connectivity index (χ4n) is 3.71. The maximum atomic E-state index is 12.5. The van der Waals surface area contributed by atoms with Gasteiger partial charge >= 0.3 is 19.8 Å². The van der Waals surface area contributed by atoms with Crippen LogP contribution in [0.5, 0.6) is 0 Å². The number of esters is 2. The standard InChI is InChI=1S/C40H60NO8P/c1-3-5-7-9-11-13-15-17-18-19-21-22-24-26-28-30-32-39(42)46-36-38(37-48-50(44,45)47-35-34-41)49-40(43)33-31-29-27-25-23-20-16-14-12-10-8-6-4-2/h5-8,10-14,16-18,20-23,25-28,38H,3-4,9,15,19,24,29-37,41H2,1-2H3,(H,44,45)/b7-5+,8-6+,12-10+,13-11+,16-14+,18-17+,22-21+,23-20+,27-25+,28-26+. The third-order valence-corrected chi connectivity index (χ3v) is 7.22. The Morgan fingerprint density at radius 3 is 1.70 bits per heavy atom. The predicted octanol–water partition coefficient (Wildman–Crippen LogP) is 9.43. The molecule has 3 N–H and O–H groups in total. The van der Waals surface area contributed by atoms with E-state index in [1.165, 1.54) is 0 Å². The first-order valence-electron chi connectivity index (χ1n) is 17.6. The lowest BCUT2D eigenvalue weighted by Gasteiger charge is -2.19. The summed E-state index contributed by atoms with van der Waals surface area (Å²) in [7, 11) is -4.41. The molecule has 0 aromatic carbocycles. The number of phosphoric acid groups is 1. The maximum Gasteiger partial charge on any atom is 0.472 e. The zero-order chi connectivity index (χ0) is 36.8. The average molecular weight is 714 g/mol. The van der Waals surface area contributed by atoms with Crippen LogP contribution in [0.15, 0.2) is 122 Å². The molecule has 0 heterocycles. The normalized spacial score (nSPS) is 14.9. The first kappa shape index (κ1) is 46.4. The molecule has 0 aromatic heterocycles. The second kappa shape index (κ2) is 35.2. The Labute approximate surface area is 301 Å². The highest BCUT2D eigenvalue weighted by Gasteiger charge is 2.25. The molecule has 0 radical (unpaired) electrons. The lowest BCUT2D eigenvalue weighted by molar-refractivity contribution is -0.161. The zero-order valence-corrected chi connectivity index (χ0v) is 31.0. The Hall–Kier alpha value is -3.59. The predicted molar refractivity (Wildman–Crippen MR) is 205 cm³/mol. The van der Waals surface area contributed by atoms with E-state index in [-0.39, 0.29) is 32.6 Å². The summed E-state index contributed by atoms with van der Waals surface area (Å²) in [5.74, 6) is -1.03. The molecule has 2 unspecified atom stereocenters. The number of carbonyl (C=O) groups excluding carboxylic acids is 2. The van der Waals surface area contributed by atoms with Crippen molar-refractivity contribution in [3.63, 3.8) is 0 Å². The minimum Gasteiger partial charge on any atom is -0.462 e. The second-order valence-corrected chi connectivity index (χ2v) is 12.2. The van der Waals surface area contributed by atoms with Crippen LogP contribution < -0.4 is 5.73 Å². The van der Waals surface area contributed by atoms with Gasteiger partial charge in [0.15, 0.2) is 6.10 Å². The summed E-state index contributed by atoms with van der Waals surface area (Å²) in [6, 6.07) is 0. The van der Waals surface area contributed by atoms with E-state index < -0.39 is 32.5 Å². The highest BCUT2D eigenvalue weighted by atomic mass is 31.2. The number of nitrogens with two attached hydrogens (primary N) is 1. The molecule has 278 valence electrons. The number of hydrogen-bond acceptors (Lipinski definition) is 8. The highest BCUT2D eigenvalue weighted by Crippen LogP contribution is 2.43. The van der Waals surface area contributed by atoms with Crippen molar-refractivity contribution in [2.75, 3.05) is 26.4 Å². The topological polar surface area (TPSA) is 134 Å². The van der Waals surface area contributed by atoms with Gasteiger partial charge in [0.2, 0.25) is 0 Å². The maximum absolute atomic E-state index is 12.5. The number of allylic oxidation sites excluding steroid dienone is 20. The van der Waals surface area contributed by atoms with E-state index in [9.17, 15) is 19.0 Å². The average Bonchev–Trinajstić information content (AvgIpc) is 3.10. The summed E-state index contributed by atoms with van der Waals surface area (Å²) in [5.41, 5.74) is 5.31. The number of phosphoric ester groups is 1. The first-order valence-corrected chi connectivity index (χ1v) is 19.1. The van der Waals surface area contributed by atoms with E-state index in [2.05, 4.69) is 68.5 Å². The molecule has 0 saturated heterocycles. The summed E-state index contributed by atoms with van der Waals surface area (Å²) in [5, 5.41) is 0. The van der Waals surface area contributed by atoms with Gasteiger partial charge in [-0.05, 0) is 57.8 Å². The molecule has 0 aromatic rings. The summed E-state index contributed by atoms with van der Waals surface area (Å²) in [4.78, 5) is 34.6. The van der Waals surface area contributed by atoms with Crippen molar-refractivity contribution in [3.8, 4) is 0 Å². The molecule has 0 spiro atoms. The Morgan fingerprint density at radius 1 is 0.620 bits per heavy atom. The monoisotopic (exact) mass is 713 g/mol. The van der Waals surface area contributed by atoms with E-state index in [4.69, 9.17) is 24.3 Å². The summed E-state index contributed by atoms with van der Waals surface area (Å²) in [6.07, 6.45) is 46.9. The Bertz CT molecular complexity index is 1220. The Kier molecular flexibility index (Phi) is 32.7. The van der Waals surface area contributed by atoms with Crippen molar-refractivity contribution in [3.05, 3.63) is 122 Å². The van der Waals surface area contributed by atoms with Gasteiger partial charge in [0.1, 0.15) is 6.61 Å². The van der Waals surface area contributed by atoms with Crippen LogP contribution in [0.2, 0.25) is 0 Å². The van der Waals surface area contributed by atoms with Gasteiger partial charge in [0.05, 0.1) is 13.2 Å². The van der Waals surface area contributed by atoms with Crippen molar-refractivity contribution in [1.29, 1.82) is 0 Å². The van der Waals surface area contributed by atoms with E-state index in [1.54, 1.807) is 0 Å². The van der Waals surface area contributed by atoms with E-state index in [0.717, 1.165) is 38.5 Å². The molecule has 0 aliphatic rings. The number of rotatable bonds is 30. The van der Waals surface area contributed by atoms with Crippen molar-refractivity contribution >= 4 is 19.8 Å². The molecule has 0 aliphatic carbocycles. The van der Waals surface area contributed by atoms with Gasteiger partial charge in [0.25, 0.3) is 0 Å². The number of unbranched alkanes of at least 4 members (excludes halogenated alkanes) is 1. The molecule has 0 aliphatic heterocycles. The number of carbonyl (C=O) groups is 2. The van der Waals surface area contributed by atoms with Crippen molar-refractivity contribution < 1.29 is 37.6 Å². The summed E-state index contributed by atoms with van der Waals surface area (Å²) < 4.78 is 32.4. The first-order chi connectivity index (χ1) is 24.3. The van der Waals surface area contributed by atoms with E-state index in [1.807, 2.05) is 66.8 Å². The van der Waals surface area contributed by atoms with Crippen LogP contribution in [-0.4, -0.2) is 49.3 Å². The quantitative estimate of drug-likeness (QED) is 0.0245. The second-order valence-electron chi connectivity index (χ2n) is 10.7. The van der Waals surface area contributed by atoms with Crippen LogP contribution in [0.1, 0.15) is 84.5 Å². The Morgan fingerprint density at radius 2 is 1.14 bits per heavy atom. The SMILES string of the molecule is CC/C=C/C=C/C=C/C=C/C=C/CCCC(=O)OC(COC(=O)CC/C=C/C/C=C/C/C=C/C/C=C/C/C=C/CC)COP(=O)(O)OCCN. The largest absolute Gasteiger partial charge is 0.472 e. The molecule has 10 heteroatoms. The summed E-state index contributed by atoms with van der Waals surface area (Å²) >= 11 is 0. The number of hydrogen-bond donors (Lipinski definition) is 2. The van der Waals surface area contributed by atoms with Crippen molar-refractivity contribution in [1.82, 2.24) is 0 Å². The van der Waals surface area contributed by atoms with Crippen LogP contribution >= 0.6 is 7.82 Å². The van der Waals surface area contributed by atoms with E-state index >= 15 is 0 Å². The van der Waals surface area contributed by atoms with E-state index in [0.29, 0.717) is 19.3 Å². The van der Waals surface area contributed by atoms with Gasteiger partial charge in [-0.1, -0.05) is 135 Å². The van der Waals surface area contributed by atoms with Gasteiger partial charge in [-0.2, -0.15) is 0 Å². The molecular weight excluding hydrogens is 653 g/mol. The van der Waals surface area contributed by atoms with Gasteiger partial charge in [-0.3, -0.25) is 18.6 Å². The molecule has 2 atom stereocenters. The van der Waals surface area contributed by atoms with Gasteiger partial charge in [0, 0.05) is 19.4 Å². The molecular formula is C40H60NO8P. The molecule has 0 bridgehead atoms. The molecule has 50 heavy (non-hydrogen) atoms. The van der Waals surface area contributed by atoms with Gasteiger partial charge in [-0.25, -0.2) is 4.57 Å². The van der Waals surface area contributed by atoms with Crippen molar-refractivity contribution in [2.24, 2.45) is 5.73 Å². The van der Waals surface area contributed by atoms with Crippen LogP contribution in [0.25, 0.3) is 0 Å². The van der Waals surface area contributed by atoms with Crippen LogP contribution in [-0.2, 0) is 32.7 Å². The van der Waals surface area contributed by atoms with Gasteiger partial charge < -0.3 is 20.1 Å². The Balaban J connectivity index is 4.54. The van der Waals surface area contributed by atoms with Crippen LogP contribution in [0, 0.1) is 0 Å². The highest BCUT2D eigenvalue weighted by molar-refractivity contribution is 7.47. The smallest absolute Gasteiger partial charge is 0.462 e.